The second kappa shape index (κ2) is 7.55. The topological polar surface area (TPSA) is 34.1 Å². The van der Waals surface area contributed by atoms with E-state index >= 15 is 0 Å². The molecule has 4 saturated carbocycles. The van der Waals surface area contributed by atoms with Crippen LogP contribution in [0.4, 0.5) is 0 Å². The molecule has 0 N–H and O–H groups in total. The Kier molecular flexibility index (Phi) is 5.55. The Morgan fingerprint density at radius 2 is 1.82 bits per heavy atom. The number of aldehydes is 1. The number of fused-ring (bicyclic) bond motifs is 5. The van der Waals surface area contributed by atoms with Gasteiger partial charge in [-0.05, 0) is 91.3 Å². The lowest BCUT2D eigenvalue weighted by atomic mass is 9.43. The van der Waals surface area contributed by atoms with Crippen molar-refractivity contribution in [3.8, 4) is 0 Å². The van der Waals surface area contributed by atoms with Crippen LogP contribution in [0.3, 0.4) is 0 Å². The number of rotatable bonds is 5. The number of Topliss-reactive ketones (excluding diaryl/α,β-unsaturated/α-hetero) is 1. The first kappa shape index (κ1) is 20.6. The molecule has 0 aromatic rings. The summed E-state index contributed by atoms with van der Waals surface area (Å²) in [4.78, 5) is 23.8. The van der Waals surface area contributed by atoms with E-state index in [1.807, 2.05) is 0 Å². The Hall–Kier alpha value is -0.660. The summed E-state index contributed by atoms with van der Waals surface area (Å²) >= 11 is 0. The molecule has 158 valence electrons. The minimum Gasteiger partial charge on any atom is -0.303 e. The molecule has 0 aromatic carbocycles. The fourth-order valence-corrected chi connectivity index (χ4v) is 9.21. The first-order chi connectivity index (χ1) is 13.3. The third kappa shape index (κ3) is 3.03. The van der Waals surface area contributed by atoms with Gasteiger partial charge in [-0.15, -0.1) is 0 Å². The summed E-state index contributed by atoms with van der Waals surface area (Å²) < 4.78 is 0. The SMILES string of the molecule is CCC[C@@H](C)[C@H]1CC[C@H]2[C@@H]3CC[C@@H]4CC(=O)[C@@H](CC=O)C[C@]4(C)[C@H]3CC[C@]12C. The minimum atomic E-state index is 0.00622. The summed E-state index contributed by atoms with van der Waals surface area (Å²) in [6.45, 7) is 10.0. The van der Waals surface area contributed by atoms with Gasteiger partial charge in [0.05, 0.1) is 0 Å². The molecular formula is C26H42O2. The zero-order valence-corrected chi connectivity index (χ0v) is 18.7. The maximum absolute atomic E-state index is 12.6. The standard InChI is InChI=1S/C26H42O2/c1-5-6-17(2)21-9-10-22-20-8-7-19-15-24(28)18(12-14-27)16-26(19,4)23(20)11-13-25(21,22)3/h14,17-23H,5-13,15-16H2,1-4H3/t17-,18+,19-,20+,21-,22+,23+,25-,26+/m1/s1. The number of hydrogen-bond acceptors (Lipinski definition) is 2. The molecule has 9 atom stereocenters. The molecule has 0 aromatic heterocycles. The van der Waals surface area contributed by atoms with Crippen LogP contribution in [-0.2, 0) is 9.59 Å². The second-order valence-electron chi connectivity index (χ2n) is 11.6. The largest absolute Gasteiger partial charge is 0.303 e. The molecule has 0 heterocycles. The molecule has 28 heavy (non-hydrogen) atoms. The monoisotopic (exact) mass is 386 g/mol. The van der Waals surface area contributed by atoms with Crippen molar-refractivity contribution in [3.63, 3.8) is 0 Å². The van der Waals surface area contributed by atoms with E-state index in [9.17, 15) is 9.59 Å². The van der Waals surface area contributed by atoms with Gasteiger partial charge in [0, 0.05) is 18.8 Å². The van der Waals surface area contributed by atoms with Gasteiger partial charge < -0.3 is 4.79 Å². The lowest BCUT2D eigenvalue weighted by molar-refractivity contribution is -0.149. The molecular weight excluding hydrogens is 344 g/mol. The summed E-state index contributed by atoms with van der Waals surface area (Å²) in [6.07, 6.45) is 14.1. The van der Waals surface area contributed by atoms with Gasteiger partial charge in [-0.25, -0.2) is 0 Å². The summed E-state index contributed by atoms with van der Waals surface area (Å²) in [7, 11) is 0. The van der Waals surface area contributed by atoms with Gasteiger partial charge in [-0.2, -0.15) is 0 Å². The van der Waals surface area contributed by atoms with Crippen LogP contribution in [0, 0.1) is 52.3 Å². The van der Waals surface area contributed by atoms with Crippen molar-refractivity contribution < 1.29 is 9.59 Å². The third-order valence-electron chi connectivity index (χ3n) is 10.5. The van der Waals surface area contributed by atoms with E-state index in [0.29, 0.717) is 29.0 Å². The fraction of sp³-hybridized carbons (Fsp3) is 0.923. The highest BCUT2D eigenvalue weighted by Gasteiger charge is 2.61. The van der Waals surface area contributed by atoms with Crippen molar-refractivity contribution in [2.75, 3.05) is 0 Å². The lowest BCUT2D eigenvalue weighted by Crippen LogP contribution is -2.55. The highest BCUT2D eigenvalue weighted by Crippen LogP contribution is 2.68. The van der Waals surface area contributed by atoms with E-state index in [4.69, 9.17) is 0 Å². The Bertz CT molecular complexity index is 612. The zero-order valence-electron chi connectivity index (χ0n) is 18.7. The van der Waals surface area contributed by atoms with Crippen LogP contribution in [0.25, 0.3) is 0 Å². The molecule has 0 bridgehead atoms. The molecule has 0 saturated heterocycles. The molecule has 0 aliphatic heterocycles. The maximum atomic E-state index is 12.6. The molecule has 0 radical (unpaired) electrons. The van der Waals surface area contributed by atoms with Gasteiger partial charge in [-0.1, -0.05) is 40.5 Å². The van der Waals surface area contributed by atoms with E-state index in [2.05, 4.69) is 27.7 Å². The summed E-state index contributed by atoms with van der Waals surface area (Å²) in [5.74, 6) is 5.29. The van der Waals surface area contributed by atoms with Crippen LogP contribution in [0.5, 0.6) is 0 Å². The molecule has 4 fully saturated rings. The van der Waals surface area contributed by atoms with Gasteiger partial charge in [-0.3, -0.25) is 4.79 Å². The fourth-order valence-electron chi connectivity index (χ4n) is 9.21. The first-order valence-electron chi connectivity index (χ1n) is 12.3. The summed E-state index contributed by atoms with van der Waals surface area (Å²) in [5.41, 5.74) is 0.838. The number of hydrogen-bond donors (Lipinski definition) is 0. The van der Waals surface area contributed by atoms with E-state index in [1.54, 1.807) is 0 Å². The zero-order chi connectivity index (χ0) is 20.1. The minimum absolute atomic E-state index is 0.00622. The molecule has 2 nitrogen and oxygen atoms in total. The predicted octanol–water partition coefficient (Wildman–Crippen LogP) is 6.47. The molecule has 4 rings (SSSR count). The van der Waals surface area contributed by atoms with Gasteiger partial charge >= 0.3 is 0 Å². The van der Waals surface area contributed by atoms with Gasteiger partial charge in [0.2, 0.25) is 0 Å². The van der Waals surface area contributed by atoms with Crippen LogP contribution < -0.4 is 0 Å². The Balaban J connectivity index is 1.57. The van der Waals surface area contributed by atoms with Crippen molar-refractivity contribution in [2.24, 2.45) is 52.3 Å². The summed E-state index contributed by atoms with van der Waals surface area (Å²) in [6, 6.07) is 0. The third-order valence-corrected chi connectivity index (χ3v) is 10.5. The first-order valence-corrected chi connectivity index (χ1v) is 12.3. The molecule has 4 aliphatic carbocycles. The van der Waals surface area contributed by atoms with Gasteiger partial charge in [0.1, 0.15) is 12.1 Å². The highest BCUT2D eigenvalue weighted by molar-refractivity contribution is 5.84. The lowest BCUT2D eigenvalue weighted by Gasteiger charge is -2.61. The average molecular weight is 387 g/mol. The van der Waals surface area contributed by atoms with Crippen LogP contribution in [0.1, 0.15) is 98.3 Å². The Morgan fingerprint density at radius 1 is 1.07 bits per heavy atom. The van der Waals surface area contributed by atoms with Gasteiger partial charge in [0.25, 0.3) is 0 Å². The van der Waals surface area contributed by atoms with Crippen molar-refractivity contribution in [3.05, 3.63) is 0 Å². The van der Waals surface area contributed by atoms with E-state index in [-0.39, 0.29) is 5.92 Å². The number of carbonyl (C=O) groups is 2. The molecule has 0 amide bonds. The average Bonchev–Trinajstić information content (AvgIpc) is 3.00. The van der Waals surface area contributed by atoms with Crippen LogP contribution in [0.2, 0.25) is 0 Å². The predicted molar refractivity (Wildman–Crippen MR) is 114 cm³/mol. The van der Waals surface area contributed by atoms with Crippen molar-refractivity contribution in [1.82, 2.24) is 0 Å². The van der Waals surface area contributed by atoms with E-state index in [1.165, 1.54) is 51.4 Å². The molecule has 0 spiro atoms. The van der Waals surface area contributed by atoms with Crippen molar-refractivity contribution in [1.29, 1.82) is 0 Å². The van der Waals surface area contributed by atoms with Crippen LogP contribution in [-0.4, -0.2) is 12.1 Å². The number of ketones is 1. The highest BCUT2D eigenvalue weighted by atomic mass is 16.1. The normalized spacial score (nSPS) is 49.1. The van der Waals surface area contributed by atoms with Crippen molar-refractivity contribution >= 4 is 12.1 Å². The van der Waals surface area contributed by atoms with Crippen LogP contribution >= 0.6 is 0 Å². The van der Waals surface area contributed by atoms with Crippen LogP contribution in [0.15, 0.2) is 0 Å². The second-order valence-corrected chi connectivity index (χ2v) is 11.6. The maximum Gasteiger partial charge on any atom is 0.136 e. The quantitative estimate of drug-likeness (QED) is 0.508. The molecule has 4 aliphatic rings. The Morgan fingerprint density at radius 3 is 2.54 bits per heavy atom. The number of carbonyl (C=O) groups excluding carboxylic acids is 2. The molecule has 2 heteroatoms. The summed E-state index contributed by atoms with van der Waals surface area (Å²) in [5, 5.41) is 0. The van der Waals surface area contributed by atoms with Gasteiger partial charge in [0.15, 0.2) is 0 Å². The smallest absolute Gasteiger partial charge is 0.136 e. The Labute approximate surface area is 172 Å². The van der Waals surface area contributed by atoms with Crippen molar-refractivity contribution in [2.45, 2.75) is 98.3 Å². The van der Waals surface area contributed by atoms with E-state index < -0.39 is 0 Å². The van der Waals surface area contributed by atoms with E-state index in [0.717, 1.165) is 48.7 Å². The molecule has 0 unspecified atom stereocenters.